The van der Waals surface area contributed by atoms with Crippen LogP contribution in [0.5, 0.6) is 0 Å². The molecule has 1 aliphatic rings. The van der Waals surface area contributed by atoms with Crippen LogP contribution in [0.2, 0.25) is 0 Å². The Balaban J connectivity index is 1.71. The molecule has 1 unspecified atom stereocenters. The van der Waals surface area contributed by atoms with Crippen molar-refractivity contribution < 1.29 is 18.4 Å². The molecule has 1 saturated heterocycles. The first-order valence-electron chi connectivity index (χ1n) is 10.4. The molecule has 3 aromatic rings. The molecule has 34 heavy (non-hydrogen) atoms. The first-order valence-corrected chi connectivity index (χ1v) is 11.3. The Morgan fingerprint density at radius 1 is 1.00 bits per heavy atom. The maximum Gasteiger partial charge on any atom is 0.269 e. The van der Waals surface area contributed by atoms with Crippen LogP contribution < -0.4 is 10.2 Å². The largest absolute Gasteiger partial charge is 0.321 e. The highest BCUT2D eigenvalue weighted by molar-refractivity contribution is 8.05. The molecule has 1 atom stereocenters. The molecule has 0 aromatic heterocycles. The fourth-order valence-electron chi connectivity index (χ4n) is 3.48. The lowest BCUT2D eigenvalue weighted by atomic mass is 10.1. The minimum atomic E-state index is -0.656. The van der Waals surface area contributed by atoms with Crippen LogP contribution in [0.1, 0.15) is 11.1 Å². The van der Waals surface area contributed by atoms with E-state index in [0.29, 0.717) is 11.4 Å². The average molecular weight is 476 g/mol. The number of nitriles is 1. The second-order valence-electron chi connectivity index (χ2n) is 7.70. The number of aryl methyl sites for hydroxylation is 1. The summed E-state index contributed by atoms with van der Waals surface area (Å²) in [5, 5.41) is 12.1. The van der Waals surface area contributed by atoms with Crippen molar-refractivity contribution in [3.63, 3.8) is 0 Å². The zero-order chi connectivity index (χ0) is 24.2. The van der Waals surface area contributed by atoms with Crippen LogP contribution in [0.25, 0.3) is 0 Å². The fourth-order valence-corrected chi connectivity index (χ4v) is 4.79. The van der Waals surface area contributed by atoms with E-state index in [9.17, 15) is 23.6 Å². The fraction of sp³-hybridized carbons (Fsp3) is 0.115. The molecule has 0 aliphatic carbocycles. The first-order chi connectivity index (χ1) is 16.4. The van der Waals surface area contributed by atoms with Crippen molar-refractivity contribution in [1.82, 2.24) is 0 Å². The van der Waals surface area contributed by atoms with Gasteiger partial charge in [0.15, 0.2) is 0 Å². The standard InChI is InChI=1S/C26H19F2N3O2S/c1-16-2-10-20(11-3-16)30-24(32)22(15-29)26-31(21-12-8-19(28)9-13-21)25(33)23(34-26)14-17-4-6-18(27)7-5-17/h2-13,23H,14H2,1H3,(H,30,32)/b26-22-. The maximum atomic E-state index is 13.5. The summed E-state index contributed by atoms with van der Waals surface area (Å²) in [4.78, 5) is 27.7. The number of thioether (sulfide) groups is 1. The highest BCUT2D eigenvalue weighted by atomic mass is 32.2. The Bertz CT molecular complexity index is 1300. The van der Waals surface area contributed by atoms with Gasteiger partial charge in [-0.15, -0.1) is 0 Å². The van der Waals surface area contributed by atoms with E-state index in [4.69, 9.17) is 0 Å². The molecule has 1 heterocycles. The van der Waals surface area contributed by atoms with E-state index in [-0.39, 0.29) is 28.7 Å². The number of rotatable bonds is 5. The van der Waals surface area contributed by atoms with Crippen LogP contribution in [0, 0.1) is 29.9 Å². The van der Waals surface area contributed by atoms with Crippen LogP contribution in [0.15, 0.2) is 83.4 Å². The second-order valence-corrected chi connectivity index (χ2v) is 8.89. The van der Waals surface area contributed by atoms with E-state index in [1.807, 2.05) is 25.1 Å². The Morgan fingerprint density at radius 2 is 1.59 bits per heavy atom. The van der Waals surface area contributed by atoms with Gasteiger partial charge in [-0.2, -0.15) is 5.26 Å². The van der Waals surface area contributed by atoms with Crippen molar-refractivity contribution in [2.24, 2.45) is 0 Å². The molecule has 4 rings (SSSR count). The second kappa shape index (κ2) is 9.89. The molecule has 0 radical (unpaired) electrons. The molecule has 1 N–H and O–H groups in total. The van der Waals surface area contributed by atoms with E-state index in [2.05, 4.69) is 5.32 Å². The lowest BCUT2D eigenvalue weighted by Gasteiger charge is -2.18. The molecule has 8 heteroatoms. The highest BCUT2D eigenvalue weighted by Crippen LogP contribution is 2.42. The molecule has 0 saturated carbocycles. The number of halogens is 2. The van der Waals surface area contributed by atoms with Crippen LogP contribution in [-0.4, -0.2) is 17.1 Å². The smallest absolute Gasteiger partial charge is 0.269 e. The first kappa shape index (κ1) is 23.2. The molecule has 0 bridgehead atoms. The third-order valence-corrected chi connectivity index (χ3v) is 6.50. The Morgan fingerprint density at radius 3 is 2.18 bits per heavy atom. The summed E-state index contributed by atoms with van der Waals surface area (Å²) >= 11 is 1.08. The summed E-state index contributed by atoms with van der Waals surface area (Å²) in [5.41, 5.74) is 2.36. The predicted octanol–water partition coefficient (Wildman–Crippen LogP) is 5.34. The van der Waals surface area contributed by atoms with E-state index >= 15 is 0 Å². The quantitative estimate of drug-likeness (QED) is 0.400. The summed E-state index contributed by atoms with van der Waals surface area (Å²) in [6, 6.07) is 20.0. The lowest BCUT2D eigenvalue weighted by molar-refractivity contribution is -0.117. The van der Waals surface area contributed by atoms with Crippen LogP contribution >= 0.6 is 11.8 Å². The molecule has 0 spiro atoms. The molecule has 1 fully saturated rings. The predicted molar refractivity (Wildman–Crippen MR) is 128 cm³/mol. The Hall–Kier alpha value is -3.96. The number of carbonyl (C=O) groups excluding carboxylic acids is 2. The van der Waals surface area contributed by atoms with Crippen molar-refractivity contribution in [3.8, 4) is 6.07 Å². The van der Waals surface area contributed by atoms with E-state index in [1.165, 1.54) is 41.3 Å². The minimum absolute atomic E-state index is 0.163. The number of hydrogen-bond donors (Lipinski definition) is 1. The Labute approximate surface area is 199 Å². The number of hydrogen-bond acceptors (Lipinski definition) is 4. The SMILES string of the molecule is Cc1ccc(NC(=O)/C(C#N)=C2\SC(Cc3ccc(F)cc3)C(=O)N2c2ccc(F)cc2)cc1. The number of anilines is 2. The van der Waals surface area contributed by atoms with Crippen LogP contribution in [0.3, 0.4) is 0 Å². The topological polar surface area (TPSA) is 73.2 Å². The van der Waals surface area contributed by atoms with Crippen LogP contribution in [-0.2, 0) is 16.0 Å². The molecule has 3 aromatic carbocycles. The summed E-state index contributed by atoms with van der Waals surface area (Å²) in [6.07, 6.45) is 0.267. The van der Waals surface area contributed by atoms with Gasteiger partial charge in [-0.25, -0.2) is 8.78 Å². The Kier molecular flexibility index (Phi) is 6.75. The zero-order valence-electron chi connectivity index (χ0n) is 18.1. The summed E-state index contributed by atoms with van der Waals surface area (Å²) in [6.45, 7) is 1.91. The van der Waals surface area contributed by atoms with Gasteiger partial charge in [0, 0.05) is 11.4 Å². The van der Waals surface area contributed by atoms with Gasteiger partial charge in [0.2, 0.25) is 5.91 Å². The van der Waals surface area contributed by atoms with Gasteiger partial charge in [0.25, 0.3) is 5.91 Å². The van der Waals surface area contributed by atoms with Gasteiger partial charge >= 0.3 is 0 Å². The maximum absolute atomic E-state index is 13.5. The van der Waals surface area contributed by atoms with Gasteiger partial charge in [0.1, 0.15) is 28.3 Å². The van der Waals surface area contributed by atoms with E-state index < -0.39 is 17.0 Å². The minimum Gasteiger partial charge on any atom is -0.321 e. The third-order valence-electron chi connectivity index (χ3n) is 5.23. The number of amides is 2. The van der Waals surface area contributed by atoms with Crippen molar-refractivity contribution >= 4 is 35.0 Å². The number of carbonyl (C=O) groups is 2. The van der Waals surface area contributed by atoms with Crippen molar-refractivity contribution in [3.05, 3.63) is 106 Å². The number of nitrogens with zero attached hydrogens (tertiary/aromatic N) is 2. The van der Waals surface area contributed by atoms with Gasteiger partial charge in [-0.3, -0.25) is 14.5 Å². The summed E-state index contributed by atoms with van der Waals surface area (Å²) in [5.74, 6) is -1.88. The summed E-state index contributed by atoms with van der Waals surface area (Å²) < 4.78 is 26.8. The van der Waals surface area contributed by atoms with Crippen molar-refractivity contribution in [2.75, 3.05) is 10.2 Å². The third kappa shape index (κ3) is 5.00. The van der Waals surface area contributed by atoms with E-state index in [1.54, 1.807) is 24.3 Å². The van der Waals surface area contributed by atoms with Gasteiger partial charge in [-0.05, 0) is 67.4 Å². The van der Waals surface area contributed by atoms with Gasteiger partial charge in [0.05, 0.1) is 5.25 Å². The average Bonchev–Trinajstić information content (AvgIpc) is 3.13. The number of nitrogens with one attached hydrogen (secondary N) is 1. The van der Waals surface area contributed by atoms with E-state index in [0.717, 1.165) is 22.9 Å². The zero-order valence-corrected chi connectivity index (χ0v) is 18.9. The molecule has 1 aliphatic heterocycles. The van der Waals surface area contributed by atoms with Crippen molar-refractivity contribution in [1.29, 1.82) is 5.26 Å². The highest BCUT2D eigenvalue weighted by Gasteiger charge is 2.40. The lowest BCUT2D eigenvalue weighted by Crippen LogP contribution is -2.30. The molecular weight excluding hydrogens is 456 g/mol. The molecule has 2 amide bonds. The monoisotopic (exact) mass is 475 g/mol. The van der Waals surface area contributed by atoms with Gasteiger partial charge in [-0.1, -0.05) is 41.6 Å². The molecule has 170 valence electrons. The van der Waals surface area contributed by atoms with Crippen LogP contribution in [0.4, 0.5) is 20.2 Å². The van der Waals surface area contributed by atoms with Crippen molar-refractivity contribution in [2.45, 2.75) is 18.6 Å². The normalized spacial score (nSPS) is 16.8. The molecular formula is C26H19F2N3O2S. The van der Waals surface area contributed by atoms with Gasteiger partial charge < -0.3 is 5.32 Å². The summed E-state index contributed by atoms with van der Waals surface area (Å²) in [7, 11) is 0. The molecule has 5 nitrogen and oxygen atoms in total. The number of benzene rings is 3.